The van der Waals surface area contributed by atoms with Crippen LogP contribution in [0.4, 0.5) is 0 Å². The average molecular weight is 409 g/mol. The molecule has 30 heavy (non-hydrogen) atoms. The number of nitrogens with zero attached hydrogens (tertiary/aromatic N) is 3. The molecular weight excluding hydrogens is 402 g/mol. The molecule has 4 aromatic rings. The second-order valence-corrected chi connectivity index (χ2v) is 6.37. The maximum atomic E-state index is 12.5. The van der Waals surface area contributed by atoms with E-state index < -0.39 is 34.1 Å². The first kappa shape index (κ1) is 17.5. The third-order valence-electron chi connectivity index (χ3n) is 4.77. The summed E-state index contributed by atoms with van der Waals surface area (Å²) in [5, 5.41) is 8.53. The van der Waals surface area contributed by atoms with E-state index in [2.05, 4.69) is 9.98 Å². The SMILES string of the molecule is O=C1c2ccccc2C(=O)N1OOn1c(=O)c2cc3c(=O)n(O)c(=O)c3cc2c1=O. The molecule has 0 radical (unpaired) electrons. The lowest BCUT2D eigenvalue weighted by Crippen LogP contribution is -2.39. The summed E-state index contributed by atoms with van der Waals surface area (Å²) in [7, 11) is 0. The minimum Gasteiger partial charge on any atom is -0.422 e. The van der Waals surface area contributed by atoms with Gasteiger partial charge in [-0.1, -0.05) is 21.9 Å². The fraction of sp³-hybridized carbons (Fsp3) is 0. The molecule has 0 saturated carbocycles. The number of benzene rings is 2. The molecule has 5 rings (SSSR count). The molecule has 0 unspecified atom stereocenters. The van der Waals surface area contributed by atoms with Gasteiger partial charge in [-0.15, -0.1) is 4.73 Å². The van der Waals surface area contributed by atoms with Gasteiger partial charge in [0.25, 0.3) is 34.1 Å². The van der Waals surface area contributed by atoms with Crippen LogP contribution in [-0.2, 0) is 4.99 Å². The number of hydrogen-bond acceptors (Lipinski definition) is 9. The fourth-order valence-electron chi connectivity index (χ4n) is 3.31. The second-order valence-electron chi connectivity index (χ2n) is 6.37. The van der Waals surface area contributed by atoms with Crippen molar-refractivity contribution in [1.82, 2.24) is 14.5 Å². The zero-order valence-corrected chi connectivity index (χ0v) is 14.5. The molecule has 1 N–H and O–H groups in total. The first-order valence-electron chi connectivity index (χ1n) is 8.28. The summed E-state index contributed by atoms with van der Waals surface area (Å²) in [6.45, 7) is 0. The van der Waals surface area contributed by atoms with E-state index in [9.17, 15) is 34.0 Å². The van der Waals surface area contributed by atoms with Gasteiger partial charge in [0.2, 0.25) is 0 Å². The highest BCUT2D eigenvalue weighted by molar-refractivity contribution is 6.20. The molecule has 2 aromatic carbocycles. The molecule has 3 heterocycles. The van der Waals surface area contributed by atoms with Gasteiger partial charge in [0.15, 0.2) is 0 Å². The van der Waals surface area contributed by atoms with Gasteiger partial charge in [-0.05, 0) is 29.3 Å². The van der Waals surface area contributed by atoms with E-state index in [4.69, 9.17) is 0 Å². The van der Waals surface area contributed by atoms with E-state index >= 15 is 0 Å². The summed E-state index contributed by atoms with van der Waals surface area (Å²) in [4.78, 5) is 82.5. The van der Waals surface area contributed by atoms with Gasteiger partial charge < -0.3 is 5.21 Å². The fourth-order valence-corrected chi connectivity index (χ4v) is 3.31. The normalized spacial score (nSPS) is 13.5. The first-order valence-corrected chi connectivity index (χ1v) is 8.28. The molecule has 1 aliphatic heterocycles. The number of fused-ring (bicyclic) bond motifs is 3. The Morgan fingerprint density at radius 2 is 1.07 bits per heavy atom. The molecule has 12 heteroatoms. The van der Waals surface area contributed by atoms with Crippen molar-refractivity contribution in [3.05, 3.63) is 88.9 Å². The zero-order valence-electron chi connectivity index (χ0n) is 14.5. The van der Waals surface area contributed by atoms with Crippen LogP contribution in [0.3, 0.4) is 0 Å². The van der Waals surface area contributed by atoms with Crippen molar-refractivity contribution in [2.45, 2.75) is 0 Å². The van der Waals surface area contributed by atoms with Gasteiger partial charge in [0.05, 0.1) is 32.7 Å². The lowest BCUT2D eigenvalue weighted by Gasteiger charge is -2.10. The minimum atomic E-state index is -1.06. The van der Waals surface area contributed by atoms with Crippen molar-refractivity contribution >= 4 is 33.4 Å². The van der Waals surface area contributed by atoms with Crippen LogP contribution in [0.25, 0.3) is 21.5 Å². The van der Waals surface area contributed by atoms with E-state index in [1.807, 2.05) is 0 Å². The van der Waals surface area contributed by atoms with Gasteiger partial charge in [0.1, 0.15) is 0 Å². The Bertz CT molecular complexity index is 1520. The lowest BCUT2D eigenvalue weighted by atomic mass is 10.1. The third kappa shape index (κ3) is 2.07. The Hall–Kier alpha value is -4.58. The summed E-state index contributed by atoms with van der Waals surface area (Å²) in [5.41, 5.74) is -4.14. The number of hydroxylamine groups is 2. The number of imide groups is 1. The molecule has 0 aliphatic carbocycles. The van der Waals surface area contributed by atoms with Crippen LogP contribution in [0.1, 0.15) is 20.7 Å². The van der Waals surface area contributed by atoms with Crippen molar-refractivity contribution in [2.75, 3.05) is 0 Å². The van der Waals surface area contributed by atoms with Crippen LogP contribution in [0, 0.1) is 0 Å². The maximum Gasteiger partial charge on any atom is 0.298 e. The predicted octanol–water partition coefficient (Wildman–Crippen LogP) is -1.28. The van der Waals surface area contributed by atoms with E-state index in [0.29, 0.717) is 0 Å². The Labute approximate surface area is 162 Å². The number of carbonyl (C=O) groups is 2. The molecule has 0 saturated heterocycles. The third-order valence-corrected chi connectivity index (χ3v) is 4.77. The molecule has 0 spiro atoms. The minimum absolute atomic E-state index is 0.0514. The van der Waals surface area contributed by atoms with E-state index in [1.54, 1.807) is 0 Å². The summed E-state index contributed by atoms with van der Waals surface area (Å²) in [5.74, 6) is -1.71. The van der Waals surface area contributed by atoms with Crippen molar-refractivity contribution in [1.29, 1.82) is 0 Å². The predicted molar refractivity (Wildman–Crippen MR) is 96.7 cm³/mol. The van der Waals surface area contributed by atoms with E-state index in [0.717, 1.165) is 12.1 Å². The summed E-state index contributed by atoms with van der Waals surface area (Å²) in [6.07, 6.45) is 0. The van der Waals surface area contributed by atoms with Gasteiger partial charge in [-0.3, -0.25) is 28.8 Å². The molecule has 2 aromatic heterocycles. The molecule has 0 fully saturated rings. The molecule has 148 valence electrons. The molecule has 1 aliphatic rings. The number of amides is 2. The highest BCUT2D eigenvalue weighted by Gasteiger charge is 2.38. The number of hydrogen-bond donors (Lipinski definition) is 1. The van der Waals surface area contributed by atoms with Gasteiger partial charge in [-0.25, -0.2) is 4.99 Å². The monoisotopic (exact) mass is 409 g/mol. The van der Waals surface area contributed by atoms with Crippen molar-refractivity contribution in [2.24, 2.45) is 0 Å². The van der Waals surface area contributed by atoms with E-state index in [1.165, 1.54) is 24.3 Å². The number of carbonyl (C=O) groups excluding carboxylic acids is 2. The highest BCUT2D eigenvalue weighted by Crippen LogP contribution is 2.22. The molecule has 12 nitrogen and oxygen atoms in total. The quantitative estimate of drug-likeness (QED) is 0.189. The lowest BCUT2D eigenvalue weighted by molar-refractivity contribution is -0.384. The van der Waals surface area contributed by atoms with Crippen LogP contribution in [0.2, 0.25) is 0 Å². The molecule has 0 bridgehead atoms. The zero-order chi connectivity index (χ0) is 21.3. The smallest absolute Gasteiger partial charge is 0.298 e. The molecule has 2 amide bonds. The van der Waals surface area contributed by atoms with Crippen LogP contribution in [0.5, 0.6) is 0 Å². The van der Waals surface area contributed by atoms with Gasteiger partial charge in [0, 0.05) is 0 Å². The highest BCUT2D eigenvalue weighted by atomic mass is 17.3. The van der Waals surface area contributed by atoms with Crippen LogP contribution in [-0.4, -0.2) is 31.5 Å². The van der Waals surface area contributed by atoms with Crippen molar-refractivity contribution in [3.63, 3.8) is 0 Å². The summed E-state index contributed by atoms with van der Waals surface area (Å²) >= 11 is 0. The number of aromatic nitrogens is 2. The topological polar surface area (TPSA) is 154 Å². The Balaban J connectivity index is 1.56. The largest absolute Gasteiger partial charge is 0.422 e. The standard InChI is InChI=1S/C18H7N3O9/c22-13-9-5-11-12(6-10(9)14(23)19(13)28)18(27)21(17(11)26)30-29-20-15(24)7-3-1-2-4-8(7)16(20)25/h1-6,28H. The van der Waals surface area contributed by atoms with Crippen molar-refractivity contribution < 1.29 is 24.8 Å². The molecule has 0 atom stereocenters. The summed E-state index contributed by atoms with van der Waals surface area (Å²) < 4.78 is 0.00345. The van der Waals surface area contributed by atoms with Crippen molar-refractivity contribution in [3.8, 4) is 0 Å². The van der Waals surface area contributed by atoms with Gasteiger partial charge >= 0.3 is 0 Å². The van der Waals surface area contributed by atoms with Crippen LogP contribution < -0.4 is 27.2 Å². The van der Waals surface area contributed by atoms with Gasteiger partial charge in [-0.2, -0.15) is 0 Å². The van der Waals surface area contributed by atoms with E-state index in [-0.39, 0.29) is 47.2 Å². The number of rotatable bonds is 3. The van der Waals surface area contributed by atoms with Crippen LogP contribution >= 0.6 is 0 Å². The average Bonchev–Trinajstić information content (AvgIpc) is 3.23. The Morgan fingerprint density at radius 3 is 1.53 bits per heavy atom. The van der Waals surface area contributed by atoms with Crippen LogP contribution in [0.15, 0.2) is 55.6 Å². The molecular formula is C18H7N3O9. The Kier molecular flexibility index (Phi) is 3.34. The summed E-state index contributed by atoms with van der Waals surface area (Å²) in [6, 6.07) is 7.78. The Morgan fingerprint density at radius 1 is 0.633 bits per heavy atom. The first-order chi connectivity index (χ1) is 14.3. The maximum absolute atomic E-state index is 12.5. The second kappa shape index (κ2) is 5.71.